The summed E-state index contributed by atoms with van der Waals surface area (Å²) >= 11 is 0. The van der Waals surface area contributed by atoms with Crippen LogP contribution in [0.25, 0.3) is 0 Å². The van der Waals surface area contributed by atoms with Crippen LogP contribution >= 0.6 is 0 Å². The zero-order valence-corrected chi connectivity index (χ0v) is 10.4. The number of rotatable bonds is 3. The van der Waals surface area contributed by atoms with Crippen LogP contribution in [0.1, 0.15) is 35.3 Å². The first kappa shape index (κ1) is 12.1. The first-order valence-corrected chi connectivity index (χ1v) is 6.10. The van der Waals surface area contributed by atoms with Crippen LogP contribution in [0.2, 0.25) is 0 Å². The first-order chi connectivity index (χ1) is 8.06. The lowest BCUT2D eigenvalue weighted by Crippen LogP contribution is -2.29. The number of nitrogens with two attached hydrogens (primary N) is 1. The van der Waals surface area contributed by atoms with Gasteiger partial charge in [0.1, 0.15) is 0 Å². The largest absolute Gasteiger partial charge is 0.352 e. The standard InChI is InChI=1S/C12H20N4O/c1-8-11(7-16(2)15-8)12(17)14-6-9-3-4-10(13)5-9/h7,9-10H,3-6,13H2,1-2H3,(H,14,17). The molecule has 0 bridgehead atoms. The molecular weight excluding hydrogens is 216 g/mol. The number of amides is 1. The summed E-state index contributed by atoms with van der Waals surface area (Å²) in [6, 6.07) is 0.317. The van der Waals surface area contributed by atoms with E-state index in [-0.39, 0.29) is 5.91 Å². The fraction of sp³-hybridized carbons (Fsp3) is 0.667. The fourth-order valence-corrected chi connectivity index (χ4v) is 2.45. The Labute approximate surface area is 101 Å². The van der Waals surface area contributed by atoms with Crippen molar-refractivity contribution in [1.82, 2.24) is 15.1 Å². The Morgan fingerprint density at radius 2 is 2.41 bits per heavy atom. The molecule has 1 fully saturated rings. The van der Waals surface area contributed by atoms with Crippen molar-refractivity contribution < 1.29 is 4.79 Å². The number of carbonyl (C=O) groups is 1. The van der Waals surface area contributed by atoms with Gasteiger partial charge in [-0.15, -0.1) is 0 Å². The van der Waals surface area contributed by atoms with E-state index >= 15 is 0 Å². The molecule has 0 saturated heterocycles. The zero-order chi connectivity index (χ0) is 12.4. The predicted molar refractivity (Wildman–Crippen MR) is 65.6 cm³/mol. The summed E-state index contributed by atoms with van der Waals surface area (Å²) in [6.07, 6.45) is 4.97. The van der Waals surface area contributed by atoms with Crippen molar-refractivity contribution >= 4 is 5.91 Å². The molecule has 1 aliphatic carbocycles. The van der Waals surface area contributed by atoms with E-state index in [1.54, 1.807) is 10.9 Å². The lowest BCUT2D eigenvalue weighted by Gasteiger charge is -2.10. The number of hydrogen-bond acceptors (Lipinski definition) is 3. The van der Waals surface area contributed by atoms with E-state index in [1.165, 1.54) is 0 Å². The van der Waals surface area contributed by atoms with Crippen LogP contribution in [0.4, 0.5) is 0 Å². The van der Waals surface area contributed by atoms with Gasteiger partial charge >= 0.3 is 0 Å². The average Bonchev–Trinajstić information content (AvgIpc) is 2.81. The van der Waals surface area contributed by atoms with Crippen LogP contribution in [0.3, 0.4) is 0 Å². The van der Waals surface area contributed by atoms with E-state index in [0.717, 1.165) is 31.5 Å². The van der Waals surface area contributed by atoms with E-state index in [1.807, 2.05) is 14.0 Å². The highest BCUT2D eigenvalue weighted by molar-refractivity contribution is 5.94. The summed E-state index contributed by atoms with van der Waals surface area (Å²) in [5.74, 6) is 0.502. The summed E-state index contributed by atoms with van der Waals surface area (Å²) in [4.78, 5) is 11.9. The number of aryl methyl sites for hydroxylation is 2. The number of aromatic nitrogens is 2. The van der Waals surface area contributed by atoms with E-state index < -0.39 is 0 Å². The van der Waals surface area contributed by atoms with Crippen LogP contribution in [-0.4, -0.2) is 28.3 Å². The molecule has 94 valence electrons. The molecule has 1 heterocycles. The van der Waals surface area contributed by atoms with Crippen molar-refractivity contribution in [3.63, 3.8) is 0 Å². The molecule has 0 spiro atoms. The summed E-state index contributed by atoms with van der Waals surface area (Å²) < 4.78 is 1.66. The smallest absolute Gasteiger partial charge is 0.254 e. The van der Waals surface area contributed by atoms with Crippen molar-refractivity contribution in [1.29, 1.82) is 0 Å². The summed E-state index contributed by atoms with van der Waals surface area (Å²) in [5.41, 5.74) is 7.28. The molecule has 2 unspecified atom stereocenters. The van der Waals surface area contributed by atoms with Gasteiger partial charge in [-0.2, -0.15) is 5.10 Å². The van der Waals surface area contributed by atoms with Gasteiger partial charge in [-0.1, -0.05) is 0 Å². The Morgan fingerprint density at radius 3 is 2.94 bits per heavy atom. The molecule has 1 aromatic rings. The minimum Gasteiger partial charge on any atom is -0.352 e. The maximum Gasteiger partial charge on any atom is 0.254 e. The van der Waals surface area contributed by atoms with Crippen molar-refractivity contribution in [2.75, 3.05) is 6.54 Å². The molecule has 2 rings (SSSR count). The van der Waals surface area contributed by atoms with Gasteiger partial charge in [-0.05, 0) is 32.1 Å². The second kappa shape index (κ2) is 4.87. The third-order valence-corrected chi connectivity index (χ3v) is 3.39. The number of nitrogens with zero attached hydrogens (tertiary/aromatic N) is 2. The molecule has 2 atom stereocenters. The van der Waals surface area contributed by atoms with Crippen molar-refractivity contribution in [3.8, 4) is 0 Å². The highest BCUT2D eigenvalue weighted by atomic mass is 16.1. The van der Waals surface area contributed by atoms with Crippen LogP contribution in [0.5, 0.6) is 0 Å². The number of hydrogen-bond donors (Lipinski definition) is 2. The molecule has 5 heteroatoms. The van der Waals surface area contributed by atoms with Gasteiger partial charge in [0, 0.05) is 25.8 Å². The van der Waals surface area contributed by atoms with E-state index in [0.29, 0.717) is 17.5 Å². The first-order valence-electron chi connectivity index (χ1n) is 6.10. The Bertz CT molecular complexity index is 413. The maximum absolute atomic E-state index is 11.9. The topological polar surface area (TPSA) is 72.9 Å². The Morgan fingerprint density at radius 1 is 1.65 bits per heavy atom. The van der Waals surface area contributed by atoms with Crippen LogP contribution < -0.4 is 11.1 Å². The molecule has 1 saturated carbocycles. The SMILES string of the molecule is Cc1nn(C)cc1C(=O)NCC1CCC(N)C1. The molecule has 17 heavy (non-hydrogen) atoms. The maximum atomic E-state index is 11.9. The highest BCUT2D eigenvalue weighted by Crippen LogP contribution is 2.23. The van der Waals surface area contributed by atoms with Gasteiger partial charge in [-0.3, -0.25) is 9.48 Å². The monoisotopic (exact) mass is 236 g/mol. The van der Waals surface area contributed by atoms with Gasteiger partial charge in [-0.25, -0.2) is 0 Å². The molecule has 1 amide bonds. The molecule has 0 radical (unpaired) electrons. The van der Waals surface area contributed by atoms with Gasteiger partial charge < -0.3 is 11.1 Å². The van der Waals surface area contributed by atoms with Gasteiger partial charge in [0.25, 0.3) is 5.91 Å². The van der Waals surface area contributed by atoms with Crippen LogP contribution in [0, 0.1) is 12.8 Å². The number of nitrogens with one attached hydrogen (secondary N) is 1. The van der Waals surface area contributed by atoms with Crippen LogP contribution in [0.15, 0.2) is 6.20 Å². The van der Waals surface area contributed by atoms with E-state index in [4.69, 9.17) is 5.73 Å². The third-order valence-electron chi connectivity index (χ3n) is 3.39. The lowest BCUT2D eigenvalue weighted by molar-refractivity contribution is 0.0946. The third kappa shape index (κ3) is 2.85. The lowest BCUT2D eigenvalue weighted by atomic mass is 10.1. The molecular formula is C12H20N4O. The Hall–Kier alpha value is -1.36. The fourth-order valence-electron chi connectivity index (χ4n) is 2.45. The van der Waals surface area contributed by atoms with E-state index in [9.17, 15) is 4.79 Å². The van der Waals surface area contributed by atoms with Gasteiger partial charge in [0.2, 0.25) is 0 Å². The zero-order valence-electron chi connectivity index (χ0n) is 10.4. The quantitative estimate of drug-likeness (QED) is 0.806. The van der Waals surface area contributed by atoms with Crippen molar-refractivity contribution in [3.05, 3.63) is 17.5 Å². The normalized spacial score (nSPS) is 23.9. The van der Waals surface area contributed by atoms with E-state index in [2.05, 4.69) is 10.4 Å². The minimum atomic E-state index is -0.0314. The second-order valence-corrected chi connectivity index (χ2v) is 4.95. The second-order valence-electron chi connectivity index (χ2n) is 4.95. The van der Waals surface area contributed by atoms with Gasteiger partial charge in [0.15, 0.2) is 0 Å². The highest BCUT2D eigenvalue weighted by Gasteiger charge is 2.22. The van der Waals surface area contributed by atoms with Crippen molar-refractivity contribution in [2.24, 2.45) is 18.7 Å². The molecule has 1 aromatic heterocycles. The number of carbonyl (C=O) groups excluding carboxylic acids is 1. The van der Waals surface area contributed by atoms with Gasteiger partial charge in [0.05, 0.1) is 11.3 Å². The van der Waals surface area contributed by atoms with Crippen LogP contribution in [-0.2, 0) is 7.05 Å². The summed E-state index contributed by atoms with van der Waals surface area (Å²) in [7, 11) is 1.82. The minimum absolute atomic E-state index is 0.0314. The molecule has 0 aliphatic heterocycles. The Kier molecular flexibility index (Phi) is 3.47. The molecule has 3 N–H and O–H groups in total. The molecule has 1 aliphatic rings. The molecule has 5 nitrogen and oxygen atoms in total. The average molecular weight is 236 g/mol. The van der Waals surface area contributed by atoms with Crippen molar-refractivity contribution in [2.45, 2.75) is 32.2 Å². The molecule has 0 aromatic carbocycles. The summed E-state index contributed by atoms with van der Waals surface area (Å²) in [6.45, 7) is 2.57. The predicted octanol–water partition coefficient (Wildman–Crippen LogP) is 0.586. The summed E-state index contributed by atoms with van der Waals surface area (Å²) in [5, 5.41) is 7.13. The Balaban J connectivity index is 1.87.